The van der Waals surface area contributed by atoms with Gasteiger partial charge in [0.25, 0.3) is 5.91 Å². The van der Waals surface area contributed by atoms with Crippen LogP contribution in [0.4, 0.5) is 4.79 Å². The van der Waals surface area contributed by atoms with Crippen molar-refractivity contribution < 1.29 is 9.59 Å². The topological polar surface area (TPSA) is 110 Å². The third-order valence-corrected chi connectivity index (χ3v) is 0.894. The maximum Gasteiger partial charge on any atom is 0.312 e. The second-order valence-electron chi connectivity index (χ2n) is 1.74. The van der Waals surface area contributed by atoms with Gasteiger partial charge in [-0.25, -0.2) is 10.6 Å². The number of hydrazine groups is 1. The maximum absolute atomic E-state index is 10.5. The first-order chi connectivity index (χ1) is 4.57. The van der Waals surface area contributed by atoms with E-state index in [9.17, 15) is 9.59 Å². The number of hydrogen-bond donors (Lipinski definition) is 4. The molecule has 1 atom stereocenters. The number of hydrogen-bond acceptors (Lipinski definition) is 3. The summed E-state index contributed by atoms with van der Waals surface area (Å²) in [7, 11) is 0. The average Bonchev–Trinajstić information content (AvgIpc) is 1.85. The lowest BCUT2D eigenvalue weighted by molar-refractivity contribution is -0.122. The predicted octanol–water partition coefficient (Wildman–Crippen LogP) is -1.97. The van der Waals surface area contributed by atoms with E-state index in [2.05, 4.69) is 5.32 Å². The summed E-state index contributed by atoms with van der Waals surface area (Å²) in [6, 6.07) is -1.45. The van der Waals surface area contributed by atoms with Crippen molar-refractivity contribution in [2.24, 2.45) is 11.6 Å². The first kappa shape index (κ1) is 8.70. The minimum Gasteiger partial charge on any atom is -0.352 e. The lowest BCUT2D eigenvalue weighted by atomic mass is 10.3. The largest absolute Gasteiger partial charge is 0.352 e. The van der Waals surface area contributed by atoms with Crippen molar-refractivity contribution in [3.63, 3.8) is 0 Å². The Hall–Kier alpha value is -1.30. The Morgan fingerprint density at radius 1 is 1.50 bits per heavy atom. The summed E-state index contributed by atoms with van der Waals surface area (Å²) < 4.78 is 0. The molecule has 6 nitrogen and oxygen atoms in total. The number of rotatable bonds is 2. The van der Waals surface area contributed by atoms with Crippen LogP contribution in [-0.4, -0.2) is 18.0 Å². The smallest absolute Gasteiger partial charge is 0.312 e. The van der Waals surface area contributed by atoms with Crippen LogP contribution in [-0.2, 0) is 4.79 Å². The van der Waals surface area contributed by atoms with Crippen LogP contribution in [0.25, 0.3) is 0 Å². The summed E-state index contributed by atoms with van der Waals surface area (Å²) in [4.78, 5) is 20.7. The zero-order chi connectivity index (χ0) is 8.15. The van der Waals surface area contributed by atoms with Crippen molar-refractivity contribution in [1.82, 2.24) is 10.7 Å². The highest BCUT2D eigenvalue weighted by molar-refractivity contribution is 5.85. The van der Waals surface area contributed by atoms with Crippen LogP contribution in [0.15, 0.2) is 0 Å². The van der Waals surface area contributed by atoms with Gasteiger partial charge in [0.2, 0.25) is 0 Å². The van der Waals surface area contributed by atoms with E-state index in [1.807, 2.05) is 5.43 Å². The van der Waals surface area contributed by atoms with E-state index in [1.54, 1.807) is 0 Å². The minimum absolute atomic E-state index is 0.487. The maximum atomic E-state index is 10.5. The van der Waals surface area contributed by atoms with Gasteiger partial charge in [-0.2, -0.15) is 0 Å². The molecule has 0 aromatic rings. The van der Waals surface area contributed by atoms with Crippen LogP contribution in [0, 0.1) is 0 Å². The summed E-state index contributed by atoms with van der Waals surface area (Å²) in [5.74, 6) is 4.27. The molecule has 0 spiro atoms. The van der Waals surface area contributed by atoms with Crippen molar-refractivity contribution in [2.75, 3.05) is 0 Å². The standard InChI is InChI=1S/C4H10N4O2/c1-2(3(9)8-6)7-4(5)10/h2H,6H2,1H3,(H,8,9)(H3,5,7,10). The SMILES string of the molecule is CC(NC(N)=O)C(=O)NN. The van der Waals surface area contributed by atoms with E-state index in [0.29, 0.717) is 0 Å². The molecule has 0 aromatic carbocycles. The molecule has 0 bridgehead atoms. The van der Waals surface area contributed by atoms with Crippen molar-refractivity contribution in [1.29, 1.82) is 0 Å². The number of primary amides is 1. The molecular weight excluding hydrogens is 136 g/mol. The molecular formula is C4H10N4O2. The number of carbonyl (C=O) groups is 2. The Kier molecular flexibility index (Phi) is 3.20. The molecule has 0 fully saturated rings. The molecule has 58 valence electrons. The molecule has 0 aliphatic carbocycles. The highest BCUT2D eigenvalue weighted by Crippen LogP contribution is 1.77. The highest BCUT2D eigenvalue weighted by Gasteiger charge is 2.11. The third-order valence-electron chi connectivity index (χ3n) is 0.894. The number of carbonyl (C=O) groups excluding carboxylic acids is 2. The molecule has 6 N–H and O–H groups in total. The lowest BCUT2D eigenvalue weighted by Gasteiger charge is -2.08. The quantitative estimate of drug-likeness (QED) is 0.206. The van der Waals surface area contributed by atoms with Gasteiger partial charge in [-0.15, -0.1) is 0 Å². The van der Waals surface area contributed by atoms with Gasteiger partial charge < -0.3 is 11.1 Å². The highest BCUT2D eigenvalue weighted by atomic mass is 16.2. The Balaban J connectivity index is 3.72. The van der Waals surface area contributed by atoms with E-state index < -0.39 is 18.0 Å². The van der Waals surface area contributed by atoms with Gasteiger partial charge in [-0.05, 0) is 6.92 Å². The van der Waals surface area contributed by atoms with Gasteiger partial charge in [0, 0.05) is 0 Å². The van der Waals surface area contributed by atoms with Crippen LogP contribution in [0.2, 0.25) is 0 Å². The van der Waals surface area contributed by atoms with E-state index in [1.165, 1.54) is 6.92 Å². The molecule has 0 heterocycles. The Labute approximate surface area is 57.9 Å². The van der Waals surface area contributed by atoms with Gasteiger partial charge in [-0.3, -0.25) is 10.2 Å². The fraction of sp³-hybridized carbons (Fsp3) is 0.500. The average molecular weight is 146 g/mol. The fourth-order valence-corrected chi connectivity index (χ4v) is 0.404. The van der Waals surface area contributed by atoms with E-state index in [0.717, 1.165) is 0 Å². The van der Waals surface area contributed by atoms with Gasteiger partial charge in [0.1, 0.15) is 6.04 Å². The zero-order valence-electron chi connectivity index (χ0n) is 5.55. The van der Waals surface area contributed by atoms with Crippen molar-refractivity contribution in [3.8, 4) is 0 Å². The second-order valence-corrected chi connectivity index (χ2v) is 1.74. The monoisotopic (exact) mass is 146 g/mol. The molecule has 6 heteroatoms. The molecule has 0 aromatic heterocycles. The van der Waals surface area contributed by atoms with E-state index >= 15 is 0 Å². The van der Waals surface area contributed by atoms with E-state index in [4.69, 9.17) is 11.6 Å². The molecule has 0 aliphatic heterocycles. The summed E-state index contributed by atoms with van der Waals surface area (Å²) in [5.41, 5.74) is 6.58. The van der Waals surface area contributed by atoms with Gasteiger partial charge in [0.15, 0.2) is 0 Å². The van der Waals surface area contributed by atoms with Gasteiger partial charge in [-0.1, -0.05) is 0 Å². The molecule has 1 unspecified atom stereocenters. The molecule has 0 saturated heterocycles. The first-order valence-corrected chi connectivity index (χ1v) is 2.64. The van der Waals surface area contributed by atoms with Crippen molar-refractivity contribution in [3.05, 3.63) is 0 Å². The summed E-state index contributed by atoms with van der Waals surface area (Å²) in [6.45, 7) is 1.47. The molecule has 0 aliphatic rings. The van der Waals surface area contributed by atoms with Crippen LogP contribution in [0.3, 0.4) is 0 Å². The number of nitrogens with one attached hydrogen (secondary N) is 2. The summed E-state index contributed by atoms with van der Waals surface area (Å²) >= 11 is 0. The number of amides is 3. The lowest BCUT2D eigenvalue weighted by Crippen LogP contribution is -2.48. The van der Waals surface area contributed by atoms with Crippen molar-refractivity contribution >= 4 is 11.9 Å². The van der Waals surface area contributed by atoms with Gasteiger partial charge in [0.05, 0.1) is 0 Å². The first-order valence-electron chi connectivity index (χ1n) is 2.64. The molecule has 0 saturated carbocycles. The fourth-order valence-electron chi connectivity index (χ4n) is 0.404. The Morgan fingerprint density at radius 2 is 2.00 bits per heavy atom. The Morgan fingerprint density at radius 3 is 2.30 bits per heavy atom. The van der Waals surface area contributed by atoms with Crippen molar-refractivity contribution in [2.45, 2.75) is 13.0 Å². The summed E-state index contributed by atoms with van der Waals surface area (Å²) in [6.07, 6.45) is 0. The van der Waals surface area contributed by atoms with Crippen LogP contribution < -0.4 is 22.3 Å². The Bertz CT molecular complexity index is 146. The molecule has 0 radical (unpaired) electrons. The van der Waals surface area contributed by atoms with Crippen LogP contribution >= 0.6 is 0 Å². The molecule has 10 heavy (non-hydrogen) atoms. The second kappa shape index (κ2) is 3.67. The zero-order valence-corrected chi connectivity index (χ0v) is 5.55. The third kappa shape index (κ3) is 2.88. The van der Waals surface area contributed by atoms with Gasteiger partial charge >= 0.3 is 6.03 Å². The minimum atomic E-state index is -0.754. The predicted molar refractivity (Wildman–Crippen MR) is 34.5 cm³/mol. The van der Waals surface area contributed by atoms with Crippen LogP contribution in [0.1, 0.15) is 6.92 Å². The normalized spacial score (nSPS) is 11.8. The molecule has 3 amide bonds. The number of urea groups is 1. The molecule has 0 rings (SSSR count). The van der Waals surface area contributed by atoms with Crippen LogP contribution in [0.5, 0.6) is 0 Å². The number of nitrogens with two attached hydrogens (primary N) is 2. The summed E-state index contributed by atoms with van der Waals surface area (Å²) in [5, 5.41) is 2.14. The van der Waals surface area contributed by atoms with E-state index in [-0.39, 0.29) is 0 Å².